The van der Waals surface area contributed by atoms with E-state index in [9.17, 15) is 0 Å². The third-order valence-corrected chi connectivity index (χ3v) is 3.16. The van der Waals surface area contributed by atoms with Crippen molar-refractivity contribution in [1.82, 2.24) is 0 Å². The van der Waals surface area contributed by atoms with Crippen molar-refractivity contribution >= 4 is 0 Å². The molecule has 0 saturated carbocycles. The lowest BCUT2D eigenvalue weighted by Gasteiger charge is -2.11. The minimum absolute atomic E-state index is 0.418. The average Bonchev–Trinajstić information content (AvgIpc) is 3.07. The summed E-state index contributed by atoms with van der Waals surface area (Å²) in [5.74, 6) is 0.713. The third-order valence-electron chi connectivity index (χ3n) is 3.16. The molecule has 1 aliphatic heterocycles. The van der Waals surface area contributed by atoms with E-state index in [-0.39, 0.29) is 0 Å². The molecular formula is C14H28O2. The number of epoxide rings is 1. The van der Waals surface area contributed by atoms with Crippen molar-refractivity contribution in [3.63, 3.8) is 0 Å². The van der Waals surface area contributed by atoms with Crippen molar-refractivity contribution in [2.75, 3.05) is 19.8 Å². The van der Waals surface area contributed by atoms with Gasteiger partial charge in [0.1, 0.15) is 6.10 Å². The molecule has 2 atom stereocenters. The van der Waals surface area contributed by atoms with Crippen molar-refractivity contribution in [2.24, 2.45) is 5.92 Å². The maximum atomic E-state index is 5.59. The zero-order valence-corrected chi connectivity index (χ0v) is 11.0. The van der Waals surface area contributed by atoms with Crippen LogP contribution in [0.5, 0.6) is 0 Å². The molecule has 1 rings (SSSR count). The summed E-state index contributed by atoms with van der Waals surface area (Å²) in [6, 6.07) is 0. The molecule has 0 aromatic carbocycles. The van der Waals surface area contributed by atoms with Crippen molar-refractivity contribution < 1.29 is 9.47 Å². The molecule has 2 unspecified atom stereocenters. The van der Waals surface area contributed by atoms with Crippen LogP contribution < -0.4 is 0 Å². The largest absolute Gasteiger partial charge is 0.378 e. The van der Waals surface area contributed by atoms with E-state index in [2.05, 4.69) is 13.8 Å². The summed E-state index contributed by atoms with van der Waals surface area (Å²) >= 11 is 0. The monoisotopic (exact) mass is 228 g/mol. The Bertz CT molecular complexity index is 155. The third kappa shape index (κ3) is 8.12. The highest BCUT2D eigenvalue weighted by Gasteiger charge is 2.22. The molecule has 0 N–H and O–H groups in total. The molecule has 0 aromatic heterocycles. The summed E-state index contributed by atoms with van der Waals surface area (Å²) in [6.45, 7) is 7.18. The summed E-state index contributed by atoms with van der Waals surface area (Å²) in [5.41, 5.74) is 0. The van der Waals surface area contributed by atoms with Gasteiger partial charge in [0.05, 0.1) is 13.2 Å². The average molecular weight is 228 g/mol. The Morgan fingerprint density at radius 1 is 1.19 bits per heavy atom. The first kappa shape index (κ1) is 14.0. The minimum atomic E-state index is 0.418. The molecule has 1 heterocycles. The Hall–Kier alpha value is -0.0800. The van der Waals surface area contributed by atoms with Crippen molar-refractivity contribution in [3.8, 4) is 0 Å². The summed E-state index contributed by atoms with van der Waals surface area (Å²) in [4.78, 5) is 0. The summed E-state index contributed by atoms with van der Waals surface area (Å²) in [6.07, 6.45) is 10.1. The van der Waals surface area contributed by atoms with Gasteiger partial charge in [-0.2, -0.15) is 0 Å². The number of rotatable bonds is 11. The van der Waals surface area contributed by atoms with Gasteiger partial charge in [0.25, 0.3) is 0 Å². The molecule has 16 heavy (non-hydrogen) atoms. The van der Waals surface area contributed by atoms with E-state index in [4.69, 9.17) is 9.47 Å². The van der Waals surface area contributed by atoms with Crippen LogP contribution in [-0.2, 0) is 9.47 Å². The molecule has 1 saturated heterocycles. The van der Waals surface area contributed by atoms with Crippen molar-refractivity contribution in [3.05, 3.63) is 0 Å². The Labute approximate surface area is 101 Å². The molecule has 2 heteroatoms. The Morgan fingerprint density at radius 2 is 1.88 bits per heavy atom. The van der Waals surface area contributed by atoms with Gasteiger partial charge in [-0.3, -0.25) is 0 Å². The van der Waals surface area contributed by atoms with Crippen LogP contribution in [0.15, 0.2) is 0 Å². The summed E-state index contributed by atoms with van der Waals surface area (Å²) < 4.78 is 10.7. The van der Waals surface area contributed by atoms with Gasteiger partial charge in [0.15, 0.2) is 0 Å². The van der Waals surface area contributed by atoms with E-state index in [1.807, 2.05) is 0 Å². The molecule has 96 valence electrons. The lowest BCUT2D eigenvalue weighted by atomic mass is 10.0. The van der Waals surface area contributed by atoms with Crippen molar-refractivity contribution in [1.29, 1.82) is 0 Å². The van der Waals surface area contributed by atoms with Gasteiger partial charge in [0.2, 0.25) is 0 Å². The molecule has 0 aliphatic carbocycles. The van der Waals surface area contributed by atoms with Crippen LogP contribution in [0.2, 0.25) is 0 Å². The standard InChI is InChI=1S/C14H28O2/c1-3-4-5-6-7-8-9-13(2)10-15-11-14-12-16-14/h13-14H,3-12H2,1-2H3. The van der Waals surface area contributed by atoms with Crippen LogP contribution in [-0.4, -0.2) is 25.9 Å². The van der Waals surface area contributed by atoms with E-state index in [1.165, 1.54) is 44.9 Å². The van der Waals surface area contributed by atoms with Gasteiger partial charge in [-0.1, -0.05) is 52.4 Å². The Morgan fingerprint density at radius 3 is 2.56 bits per heavy atom. The second-order valence-electron chi connectivity index (χ2n) is 5.15. The molecule has 2 nitrogen and oxygen atoms in total. The summed E-state index contributed by atoms with van der Waals surface area (Å²) in [5, 5.41) is 0. The zero-order valence-electron chi connectivity index (χ0n) is 11.0. The smallest absolute Gasteiger partial charge is 0.104 e. The van der Waals surface area contributed by atoms with Gasteiger partial charge >= 0.3 is 0 Å². The molecule has 0 radical (unpaired) electrons. The number of ether oxygens (including phenoxy) is 2. The fourth-order valence-corrected chi connectivity index (χ4v) is 1.92. The lowest BCUT2D eigenvalue weighted by molar-refractivity contribution is 0.0875. The highest BCUT2D eigenvalue weighted by atomic mass is 16.6. The minimum Gasteiger partial charge on any atom is -0.378 e. The van der Waals surface area contributed by atoms with E-state index < -0.39 is 0 Å². The Kier molecular flexibility index (Phi) is 7.87. The van der Waals surface area contributed by atoms with Gasteiger partial charge < -0.3 is 9.47 Å². The van der Waals surface area contributed by atoms with Crippen LogP contribution in [0, 0.1) is 5.92 Å². The number of hydrogen-bond acceptors (Lipinski definition) is 2. The molecule has 1 fully saturated rings. The number of unbranched alkanes of at least 4 members (excludes halogenated alkanes) is 5. The summed E-state index contributed by atoms with van der Waals surface area (Å²) in [7, 11) is 0. The molecular weight excluding hydrogens is 200 g/mol. The van der Waals surface area contributed by atoms with Gasteiger partial charge in [0, 0.05) is 6.61 Å². The predicted molar refractivity (Wildman–Crippen MR) is 67.7 cm³/mol. The van der Waals surface area contributed by atoms with Crippen LogP contribution in [0.25, 0.3) is 0 Å². The van der Waals surface area contributed by atoms with Crippen molar-refractivity contribution in [2.45, 2.75) is 64.9 Å². The second-order valence-corrected chi connectivity index (χ2v) is 5.15. The van der Waals surface area contributed by atoms with Gasteiger partial charge in [-0.15, -0.1) is 0 Å². The molecule has 0 bridgehead atoms. The quantitative estimate of drug-likeness (QED) is 0.396. The molecule has 0 amide bonds. The van der Waals surface area contributed by atoms with Crippen LogP contribution in [0.4, 0.5) is 0 Å². The second kappa shape index (κ2) is 9.00. The topological polar surface area (TPSA) is 21.8 Å². The Balaban J connectivity index is 1.76. The highest BCUT2D eigenvalue weighted by molar-refractivity contribution is 4.67. The first-order chi connectivity index (χ1) is 7.83. The number of hydrogen-bond donors (Lipinski definition) is 0. The van der Waals surface area contributed by atoms with E-state index >= 15 is 0 Å². The zero-order chi connectivity index (χ0) is 11.6. The van der Waals surface area contributed by atoms with E-state index in [1.54, 1.807) is 0 Å². The SMILES string of the molecule is CCCCCCCCC(C)COCC1CO1. The lowest BCUT2D eigenvalue weighted by Crippen LogP contribution is -2.09. The van der Waals surface area contributed by atoms with Gasteiger partial charge in [-0.05, 0) is 12.3 Å². The fraction of sp³-hybridized carbons (Fsp3) is 1.00. The maximum Gasteiger partial charge on any atom is 0.104 e. The maximum absolute atomic E-state index is 5.59. The van der Waals surface area contributed by atoms with Crippen LogP contribution in [0.3, 0.4) is 0 Å². The highest BCUT2D eigenvalue weighted by Crippen LogP contribution is 2.14. The molecule has 1 aliphatic rings. The van der Waals surface area contributed by atoms with Crippen LogP contribution in [0.1, 0.15) is 58.8 Å². The first-order valence-corrected chi connectivity index (χ1v) is 7.02. The normalized spacial score (nSPS) is 21.0. The first-order valence-electron chi connectivity index (χ1n) is 7.02. The van der Waals surface area contributed by atoms with Crippen LogP contribution >= 0.6 is 0 Å². The van der Waals surface area contributed by atoms with E-state index in [0.29, 0.717) is 12.0 Å². The molecule has 0 spiro atoms. The fourth-order valence-electron chi connectivity index (χ4n) is 1.92. The van der Waals surface area contributed by atoms with E-state index in [0.717, 1.165) is 19.8 Å². The van der Waals surface area contributed by atoms with Gasteiger partial charge in [-0.25, -0.2) is 0 Å². The predicted octanol–water partition coefficient (Wildman–Crippen LogP) is 3.79. The molecule has 0 aromatic rings.